The molecule has 3 atom stereocenters. The summed E-state index contributed by atoms with van der Waals surface area (Å²) in [7, 11) is 0. The van der Waals surface area contributed by atoms with Crippen LogP contribution in [0.5, 0.6) is 0 Å². The normalized spacial score (nSPS) is 31.1. The highest BCUT2D eigenvalue weighted by atomic mass is 35.5. The molecule has 2 nitrogen and oxygen atoms in total. The summed E-state index contributed by atoms with van der Waals surface area (Å²) >= 11 is 12.0. The Morgan fingerprint density at radius 3 is 2.82 bits per heavy atom. The second-order valence-corrected chi connectivity index (χ2v) is 5.68. The van der Waals surface area contributed by atoms with Gasteiger partial charge >= 0.3 is 0 Å². The number of fused-ring (bicyclic) bond motifs is 2. The molecule has 0 radical (unpaired) electrons. The number of rotatable bonds is 3. The van der Waals surface area contributed by atoms with Gasteiger partial charge in [0.05, 0.1) is 12.2 Å². The highest BCUT2D eigenvalue weighted by Gasteiger charge is 2.40. The van der Waals surface area contributed by atoms with Crippen LogP contribution in [-0.4, -0.2) is 18.2 Å². The molecule has 2 fully saturated rings. The molecule has 3 unspecified atom stereocenters. The Morgan fingerprint density at radius 1 is 1.29 bits per heavy atom. The lowest BCUT2D eigenvalue weighted by molar-refractivity contribution is 0.0973. The van der Waals surface area contributed by atoms with Crippen molar-refractivity contribution in [1.82, 2.24) is 5.32 Å². The molecule has 2 bridgehead atoms. The zero-order valence-electron chi connectivity index (χ0n) is 9.46. The molecule has 4 heteroatoms. The average Bonchev–Trinajstić information content (AvgIpc) is 2.89. The van der Waals surface area contributed by atoms with Crippen molar-refractivity contribution in [3.05, 3.63) is 33.8 Å². The van der Waals surface area contributed by atoms with Gasteiger partial charge in [-0.1, -0.05) is 29.3 Å². The average molecular weight is 272 g/mol. The molecule has 2 heterocycles. The van der Waals surface area contributed by atoms with Gasteiger partial charge in [0, 0.05) is 22.6 Å². The zero-order chi connectivity index (χ0) is 11.8. The first-order valence-corrected chi connectivity index (χ1v) is 6.81. The van der Waals surface area contributed by atoms with Crippen LogP contribution in [0.4, 0.5) is 0 Å². The van der Waals surface area contributed by atoms with Crippen molar-refractivity contribution in [2.75, 3.05) is 0 Å². The van der Waals surface area contributed by atoms with Crippen LogP contribution in [0.1, 0.15) is 24.8 Å². The van der Waals surface area contributed by atoms with Crippen LogP contribution in [-0.2, 0) is 11.3 Å². The van der Waals surface area contributed by atoms with E-state index in [1.54, 1.807) is 6.07 Å². The maximum atomic E-state index is 6.14. The summed E-state index contributed by atoms with van der Waals surface area (Å²) in [5.41, 5.74) is 1.10. The minimum atomic E-state index is 0.408. The number of hydrogen-bond acceptors (Lipinski definition) is 2. The van der Waals surface area contributed by atoms with Gasteiger partial charge in [-0.2, -0.15) is 0 Å². The van der Waals surface area contributed by atoms with Gasteiger partial charge in [-0.25, -0.2) is 0 Å². The van der Waals surface area contributed by atoms with Crippen LogP contribution in [0.3, 0.4) is 0 Å². The molecule has 92 valence electrons. The molecule has 0 aliphatic carbocycles. The quantitative estimate of drug-likeness (QED) is 0.910. The third kappa shape index (κ3) is 2.45. The Balaban J connectivity index is 1.60. The minimum Gasteiger partial charge on any atom is -0.373 e. The van der Waals surface area contributed by atoms with Gasteiger partial charge in [-0.05, 0) is 37.0 Å². The van der Waals surface area contributed by atoms with E-state index in [4.69, 9.17) is 27.9 Å². The standard InChI is InChI=1S/C13H15Cl2NO/c14-9-2-1-8(11(15)5-9)7-16-12-6-10-3-4-13(12)17-10/h1-2,5,10,12-13,16H,3-4,6-7H2. The summed E-state index contributed by atoms with van der Waals surface area (Å²) in [4.78, 5) is 0. The van der Waals surface area contributed by atoms with Crippen molar-refractivity contribution in [2.24, 2.45) is 0 Å². The van der Waals surface area contributed by atoms with Crippen molar-refractivity contribution in [1.29, 1.82) is 0 Å². The van der Waals surface area contributed by atoms with Crippen molar-refractivity contribution in [3.63, 3.8) is 0 Å². The van der Waals surface area contributed by atoms with Crippen LogP contribution in [0.2, 0.25) is 10.0 Å². The topological polar surface area (TPSA) is 21.3 Å². The molecule has 3 rings (SSSR count). The van der Waals surface area contributed by atoms with Crippen molar-refractivity contribution >= 4 is 23.2 Å². The van der Waals surface area contributed by atoms with E-state index in [2.05, 4.69) is 5.32 Å². The summed E-state index contributed by atoms with van der Waals surface area (Å²) in [6, 6.07) is 6.13. The lowest BCUT2D eigenvalue weighted by Crippen LogP contribution is -2.37. The predicted molar refractivity (Wildman–Crippen MR) is 69.6 cm³/mol. The molecule has 1 aromatic carbocycles. The van der Waals surface area contributed by atoms with Gasteiger partial charge in [0.25, 0.3) is 0 Å². The Labute approximate surface area is 111 Å². The van der Waals surface area contributed by atoms with Gasteiger partial charge in [0.2, 0.25) is 0 Å². The molecular formula is C13H15Cl2NO. The van der Waals surface area contributed by atoms with E-state index in [1.165, 1.54) is 12.8 Å². The molecule has 1 aromatic rings. The Hall–Kier alpha value is -0.280. The van der Waals surface area contributed by atoms with Gasteiger partial charge in [0.15, 0.2) is 0 Å². The maximum absolute atomic E-state index is 6.14. The van der Waals surface area contributed by atoms with E-state index in [9.17, 15) is 0 Å². The minimum absolute atomic E-state index is 0.408. The van der Waals surface area contributed by atoms with Gasteiger partial charge in [-0.3, -0.25) is 0 Å². The SMILES string of the molecule is Clc1ccc(CNC2CC3CCC2O3)c(Cl)c1. The Morgan fingerprint density at radius 2 is 2.18 bits per heavy atom. The van der Waals surface area contributed by atoms with E-state index in [1.807, 2.05) is 12.1 Å². The fourth-order valence-electron chi connectivity index (χ4n) is 2.76. The van der Waals surface area contributed by atoms with E-state index < -0.39 is 0 Å². The summed E-state index contributed by atoms with van der Waals surface area (Å²) in [6.45, 7) is 0.785. The van der Waals surface area contributed by atoms with Crippen molar-refractivity contribution in [3.8, 4) is 0 Å². The van der Waals surface area contributed by atoms with Gasteiger partial charge in [-0.15, -0.1) is 0 Å². The largest absolute Gasteiger partial charge is 0.373 e. The zero-order valence-corrected chi connectivity index (χ0v) is 11.0. The van der Waals surface area contributed by atoms with Crippen LogP contribution in [0.25, 0.3) is 0 Å². The van der Waals surface area contributed by atoms with Crippen LogP contribution >= 0.6 is 23.2 Å². The first-order valence-electron chi connectivity index (χ1n) is 6.05. The van der Waals surface area contributed by atoms with Crippen molar-refractivity contribution < 1.29 is 4.74 Å². The molecule has 1 N–H and O–H groups in total. The molecule has 0 saturated carbocycles. The summed E-state index contributed by atoms with van der Waals surface area (Å²) in [6.07, 6.45) is 4.45. The van der Waals surface area contributed by atoms with Crippen molar-refractivity contribution in [2.45, 2.75) is 44.1 Å². The summed E-state index contributed by atoms with van der Waals surface area (Å²) in [5, 5.41) is 4.95. The number of benzene rings is 1. The number of ether oxygens (including phenoxy) is 1. The smallest absolute Gasteiger partial charge is 0.0733 e. The monoisotopic (exact) mass is 271 g/mol. The second-order valence-electron chi connectivity index (χ2n) is 4.83. The fourth-order valence-corrected chi connectivity index (χ4v) is 3.23. The van der Waals surface area contributed by atoms with Gasteiger partial charge < -0.3 is 10.1 Å². The first-order chi connectivity index (χ1) is 8.22. The third-order valence-electron chi connectivity index (χ3n) is 3.68. The Bertz CT molecular complexity index is 424. The summed E-state index contributed by atoms with van der Waals surface area (Å²) in [5.74, 6) is 0. The first kappa shape index (κ1) is 11.8. The number of nitrogens with one attached hydrogen (secondary N) is 1. The molecule has 0 aromatic heterocycles. The lowest BCUT2D eigenvalue weighted by atomic mass is 9.95. The van der Waals surface area contributed by atoms with E-state index in [-0.39, 0.29) is 0 Å². The van der Waals surface area contributed by atoms with Crippen LogP contribution < -0.4 is 5.32 Å². The second kappa shape index (κ2) is 4.77. The number of halogens is 2. The molecular weight excluding hydrogens is 257 g/mol. The summed E-state index contributed by atoms with van der Waals surface area (Å²) < 4.78 is 5.81. The third-order valence-corrected chi connectivity index (χ3v) is 4.26. The molecule has 17 heavy (non-hydrogen) atoms. The lowest BCUT2D eigenvalue weighted by Gasteiger charge is -2.20. The van der Waals surface area contributed by atoms with E-state index in [0.717, 1.165) is 23.6 Å². The van der Waals surface area contributed by atoms with E-state index >= 15 is 0 Å². The predicted octanol–water partition coefficient (Wildman–Crippen LogP) is 3.40. The number of hydrogen-bond donors (Lipinski definition) is 1. The highest BCUT2D eigenvalue weighted by molar-refractivity contribution is 6.35. The van der Waals surface area contributed by atoms with Crippen LogP contribution in [0, 0.1) is 0 Å². The maximum Gasteiger partial charge on any atom is 0.0733 e. The Kier molecular flexibility index (Phi) is 3.31. The molecule has 0 spiro atoms. The highest BCUT2D eigenvalue weighted by Crippen LogP contribution is 2.34. The van der Waals surface area contributed by atoms with Crippen LogP contribution in [0.15, 0.2) is 18.2 Å². The fraction of sp³-hybridized carbons (Fsp3) is 0.538. The van der Waals surface area contributed by atoms with Gasteiger partial charge in [0.1, 0.15) is 0 Å². The van der Waals surface area contributed by atoms with E-state index in [0.29, 0.717) is 23.3 Å². The molecule has 2 aliphatic heterocycles. The molecule has 0 amide bonds. The molecule has 2 saturated heterocycles. The molecule has 2 aliphatic rings.